The van der Waals surface area contributed by atoms with Crippen LogP contribution in [0.2, 0.25) is 5.02 Å². The number of amides is 1. The summed E-state index contributed by atoms with van der Waals surface area (Å²) in [5.41, 5.74) is 4.53. The average molecular weight is 389 g/mol. The minimum absolute atomic E-state index is 0.287. The predicted octanol–water partition coefficient (Wildman–Crippen LogP) is 5.07. The van der Waals surface area contributed by atoms with E-state index < -0.39 is 0 Å². The molecular weight excluding hydrogens is 364 g/mol. The molecule has 0 spiro atoms. The Labute approximate surface area is 165 Å². The Kier molecular flexibility index (Phi) is 8.14. The van der Waals surface area contributed by atoms with Crippen molar-refractivity contribution >= 4 is 23.2 Å². The number of benzene rings is 2. The van der Waals surface area contributed by atoms with Gasteiger partial charge in [-0.1, -0.05) is 25.4 Å². The number of nitrogens with zero attached hydrogens (tertiary/aromatic N) is 1. The number of ether oxygens (including phenoxy) is 2. The van der Waals surface area contributed by atoms with E-state index in [4.69, 9.17) is 21.1 Å². The molecule has 0 fully saturated rings. The van der Waals surface area contributed by atoms with Gasteiger partial charge in [0.05, 0.1) is 23.9 Å². The monoisotopic (exact) mass is 388 g/mol. The molecule has 0 aliphatic rings. The molecule has 0 saturated carbocycles. The van der Waals surface area contributed by atoms with Crippen LogP contribution in [0.5, 0.6) is 11.5 Å². The molecule has 0 aliphatic carbocycles. The zero-order valence-electron chi connectivity index (χ0n) is 15.9. The number of hydrazone groups is 1. The van der Waals surface area contributed by atoms with Gasteiger partial charge < -0.3 is 9.47 Å². The third-order valence-electron chi connectivity index (χ3n) is 3.73. The Bertz CT molecular complexity index is 789. The van der Waals surface area contributed by atoms with Crippen LogP contribution in [0.1, 0.15) is 49.5 Å². The van der Waals surface area contributed by atoms with E-state index >= 15 is 0 Å². The predicted molar refractivity (Wildman–Crippen MR) is 109 cm³/mol. The quantitative estimate of drug-likeness (QED) is 0.481. The molecule has 0 atom stereocenters. The van der Waals surface area contributed by atoms with Crippen molar-refractivity contribution in [1.82, 2.24) is 5.43 Å². The molecule has 0 radical (unpaired) electrons. The Morgan fingerprint density at radius 2 is 1.63 bits per heavy atom. The van der Waals surface area contributed by atoms with Crippen molar-refractivity contribution in [2.75, 3.05) is 13.2 Å². The lowest BCUT2D eigenvalue weighted by Gasteiger charge is -2.09. The highest BCUT2D eigenvalue weighted by Crippen LogP contribution is 2.25. The van der Waals surface area contributed by atoms with Crippen LogP contribution in [0.25, 0.3) is 0 Å². The number of hydrogen-bond acceptors (Lipinski definition) is 4. The van der Waals surface area contributed by atoms with Crippen LogP contribution < -0.4 is 14.9 Å². The summed E-state index contributed by atoms with van der Waals surface area (Å²) < 4.78 is 11.1. The molecule has 0 bridgehead atoms. The summed E-state index contributed by atoms with van der Waals surface area (Å²) in [7, 11) is 0. The Morgan fingerprint density at radius 1 is 1.00 bits per heavy atom. The van der Waals surface area contributed by atoms with Gasteiger partial charge in [0.25, 0.3) is 5.91 Å². The number of carbonyl (C=O) groups is 1. The van der Waals surface area contributed by atoms with Gasteiger partial charge in [-0.3, -0.25) is 4.79 Å². The van der Waals surface area contributed by atoms with Crippen LogP contribution in [0, 0.1) is 0 Å². The summed E-state index contributed by atoms with van der Waals surface area (Å²) in [5.74, 6) is 1.10. The Hall–Kier alpha value is -2.53. The summed E-state index contributed by atoms with van der Waals surface area (Å²) in [4.78, 5) is 12.2. The van der Waals surface area contributed by atoms with Gasteiger partial charge in [-0.05, 0) is 67.8 Å². The van der Waals surface area contributed by atoms with Crippen molar-refractivity contribution < 1.29 is 14.3 Å². The van der Waals surface area contributed by atoms with Crippen LogP contribution in [0.3, 0.4) is 0 Å². The van der Waals surface area contributed by atoms with Gasteiger partial charge in [0.2, 0.25) is 0 Å². The number of rotatable bonds is 9. The van der Waals surface area contributed by atoms with Crippen molar-refractivity contribution in [3.05, 3.63) is 58.6 Å². The summed E-state index contributed by atoms with van der Waals surface area (Å²) in [6.07, 6.45) is 1.85. The second-order valence-corrected chi connectivity index (χ2v) is 6.41. The van der Waals surface area contributed by atoms with Crippen LogP contribution >= 0.6 is 11.6 Å². The highest BCUT2D eigenvalue weighted by Gasteiger charge is 2.08. The topological polar surface area (TPSA) is 59.9 Å². The van der Waals surface area contributed by atoms with E-state index in [1.807, 2.05) is 26.0 Å². The van der Waals surface area contributed by atoms with E-state index in [1.165, 1.54) is 0 Å². The van der Waals surface area contributed by atoms with Crippen LogP contribution in [0.4, 0.5) is 0 Å². The molecule has 0 saturated heterocycles. The van der Waals surface area contributed by atoms with Gasteiger partial charge >= 0.3 is 0 Å². The van der Waals surface area contributed by atoms with E-state index in [2.05, 4.69) is 10.5 Å². The Morgan fingerprint density at radius 3 is 2.26 bits per heavy atom. The van der Waals surface area contributed by atoms with Gasteiger partial charge in [-0.2, -0.15) is 5.10 Å². The van der Waals surface area contributed by atoms with E-state index in [-0.39, 0.29) is 5.91 Å². The number of carbonyl (C=O) groups excluding carboxylic acids is 1. The van der Waals surface area contributed by atoms with Gasteiger partial charge in [-0.15, -0.1) is 0 Å². The van der Waals surface area contributed by atoms with Crippen LogP contribution in [-0.2, 0) is 0 Å². The standard InChI is InChI=1S/C21H25ClN2O3/c1-4-12-26-18-9-6-16(7-10-18)21(25)24-23-15(3)17-8-11-20(19(22)14-17)27-13-5-2/h6-11,14H,4-5,12-13H2,1-3H3,(H,24,25)/b23-15-. The lowest BCUT2D eigenvalue weighted by molar-refractivity contribution is 0.0955. The zero-order chi connectivity index (χ0) is 19.6. The molecular formula is C21H25ClN2O3. The maximum absolute atomic E-state index is 12.2. The maximum atomic E-state index is 12.2. The fourth-order valence-electron chi connectivity index (χ4n) is 2.24. The van der Waals surface area contributed by atoms with Crippen LogP contribution in [0.15, 0.2) is 47.6 Å². The van der Waals surface area contributed by atoms with E-state index in [1.54, 1.807) is 37.3 Å². The van der Waals surface area contributed by atoms with E-state index in [0.717, 1.165) is 24.2 Å². The first-order valence-corrected chi connectivity index (χ1v) is 9.43. The average Bonchev–Trinajstić information content (AvgIpc) is 2.69. The first kappa shape index (κ1) is 20.8. The molecule has 0 unspecified atom stereocenters. The molecule has 0 aromatic heterocycles. The zero-order valence-corrected chi connectivity index (χ0v) is 16.7. The highest BCUT2D eigenvalue weighted by atomic mass is 35.5. The second kappa shape index (κ2) is 10.6. The summed E-state index contributed by atoms with van der Waals surface area (Å²) in [6, 6.07) is 12.4. The fraction of sp³-hybridized carbons (Fsp3) is 0.333. The van der Waals surface area contributed by atoms with Crippen molar-refractivity contribution in [3.63, 3.8) is 0 Å². The van der Waals surface area contributed by atoms with E-state index in [9.17, 15) is 4.79 Å². The first-order chi connectivity index (χ1) is 13.0. The number of nitrogens with one attached hydrogen (secondary N) is 1. The normalized spacial score (nSPS) is 11.2. The molecule has 5 nitrogen and oxygen atoms in total. The molecule has 27 heavy (non-hydrogen) atoms. The first-order valence-electron chi connectivity index (χ1n) is 9.05. The van der Waals surface area contributed by atoms with Crippen molar-refractivity contribution in [1.29, 1.82) is 0 Å². The number of hydrogen-bond donors (Lipinski definition) is 1. The largest absolute Gasteiger partial charge is 0.494 e. The minimum Gasteiger partial charge on any atom is -0.494 e. The molecule has 2 aromatic rings. The fourth-order valence-corrected chi connectivity index (χ4v) is 2.48. The van der Waals surface area contributed by atoms with Gasteiger partial charge in [-0.25, -0.2) is 5.43 Å². The smallest absolute Gasteiger partial charge is 0.271 e. The molecule has 2 aromatic carbocycles. The third-order valence-corrected chi connectivity index (χ3v) is 4.02. The molecule has 2 rings (SSSR count). The van der Waals surface area contributed by atoms with Gasteiger partial charge in [0.15, 0.2) is 0 Å². The minimum atomic E-state index is -0.287. The number of halogens is 1. The van der Waals surface area contributed by atoms with E-state index in [0.29, 0.717) is 35.3 Å². The molecule has 1 N–H and O–H groups in total. The maximum Gasteiger partial charge on any atom is 0.271 e. The lowest BCUT2D eigenvalue weighted by atomic mass is 10.1. The molecule has 0 heterocycles. The lowest BCUT2D eigenvalue weighted by Crippen LogP contribution is -2.19. The SMILES string of the molecule is CCCOc1ccc(C(=O)N/N=C(/C)c2ccc(OCCC)c(Cl)c2)cc1. The van der Waals surface area contributed by atoms with Gasteiger partial charge in [0.1, 0.15) is 11.5 Å². The molecule has 0 aliphatic heterocycles. The summed E-state index contributed by atoms with van der Waals surface area (Å²) >= 11 is 6.24. The third kappa shape index (κ3) is 6.29. The van der Waals surface area contributed by atoms with Crippen molar-refractivity contribution in [3.8, 4) is 11.5 Å². The molecule has 6 heteroatoms. The summed E-state index contributed by atoms with van der Waals surface area (Å²) in [5, 5.41) is 4.68. The van der Waals surface area contributed by atoms with Crippen LogP contribution in [-0.4, -0.2) is 24.8 Å². The molecule has 144 valence electrons. The van der Waals surface area contributed by atoms with Crippen molar-refractivity contribution in [2.24, 2.45) is 5.10 Å². The summed E-state index contributed by atoms with van der Waals surface area (Å²) in [6.45, 7) is 7.15. The van der Waals surface area contributed by atoms with Gasteiger partial charge in [0, 0.05) is 5.56 Å². The molecule has 1 amide bonds. The second-order valence-electron chi connectivity index (χ2n) is 6.00. The van der Waals surface area contributed by atoms with Crippen molar-refractivity contribution in [2.45, 2.75) is 33.6 Å². The highest BCUT2D eigenvalue weighted by molar-refractivity contribution is 6.32. The Balaban J connectivity index is 1.99.